The lowest BCUT2D eigenvalue weighted by Gasteiger charge is -2.17. The summed E-state index contributed by atoms with van der Waals surface area (Å²) >= 11 is 0. The third-order valence-corrected chi connectivity index (χ3v) is 3.52. The summed E-state index contributed by atoms with van der Waals surface area (Å²) in [4.78, 5) is 11.7. The molecule has 0 bridgehead atoms. The zero-order valence-electron chi connectivity index (χ0n) is 13.9. The van der Waals surface area contributed by atoms with Gasteiger partial charge in [0.1, 0.15) is 5.75 Å². The quantitative estimate of drug-likeness (QED) is 0.691. The van der Waals surface area contributed by atoms with Gasteiger partial charge in [0.25, 0.3) is 0 Å². The number of aliphatic hydroxyl groups excluding tert-OH is 1. The third kappa shape index (κ3) is 6.80. The van der Waals surface area contributed by atoms with Crippen molar-refractivity contribution < 1.29 is 14.6 Å². The van der Waals surface area contributed by atoms with E-state index in [-0.39, 0.29) is 24.6 Å². The van der Waals surface area contributed by atoms with Crippen molar-refractivity contribution in [2.45, 2.75) is 52.9 Å². The highest BCUT2D eigenvalue weighted by molar-refractivity contribution is 5.73. The van der Waals surface area contributed by atoms with Crippen LogP contribution in [0.2, 0.25) is 0 Å². The monoisotopic (exact) mass is 308 g/mol. The Bertz CT molecular complexity index is 446. The predicted molar refractivity (Wildman–Crippen MR) is 87.9 cm³/mol. The average molecular weight is 308 g/mol. The second-order valence-corrected chi connectivity index (χ2v) is 5.83. The summed E-state index contributed by atoms with van der Waals surface area (Å²) < 4.78 is 5.57. The van der Waals surface area contributed by atoms with Crippen molar-refractivity contribution in [2.75, 3.05) is 6.54 Å². The molecule has 2 atom stereocenters. The van der Waals surface area contributed by atoms with Gasteiger partial charge in [-0.3, -0.25) is 0 Å². The fraction of sp³-hybridized carbons (Fsp3) is 0.588. The minimum absolute atomic E-state index is 0.145. The SMILES string of the molecule is CCC(C)C(O)CNC(=O)NCc1ccc(OC(C)C)cc1. The number of aliphatic hydroxyl groups is 1. The van der Waals surface area contributed by atoms with Crippen molar-refractivity contribution in [1.82, 2.24) is 10.6 Å². The highest BCUT2D eigenvalue weighted by atomic mass is 16.5. The maximum atomic E-state index is 11.7. The first-order valence-corrected chi connectivity index (χ1v) is 7.87. The van der Waals surface area contributed by atoms with Crippen molar-refractivity contribution in [1.29, 1.82) is 0 Å². The number of hydrogen-bond acceptors (Lipinski definition) is 3. The third-order valence-electron chi connectivity index (χ3n) is 3.52. The highest BCUT2D eigenvalue weighted by Gasteiger charge is 2.13. The second-order valence-electron chi connectivity index (χ2n) is 5.83. The molecule has 5 heteroatoms. The molecule has 0 aliphatic heterocycles. The molecule has 0 aliphatic rings. The maximum Gasteiger partial charge on any atom is 0.315 e. The van der Waals surface area contributed by atoms with Gasteiger partial charge in [0.2, 0.25) is 0 Å². The molecule has 2 amide bonds. The summed E-state index contributed by atoms with van der Waals surface area (Å²) in [6, 6.07) is 7.35. The van der Waals surface area contributed by atoms with Gasteiger partial charge in [-0.2, -0.15) is 0 Å². The van der Waals surface area contributed by atoms with Gasteiger partial charge in [-0.25, -0.2) is 4.79 Å². The number of nitrogens with one attached hydrogen (secondary N) is 2. The maximum absolute atomic E-state index is 11.7. The van der Waals surface area contributed by atoms with Gasteiger partial charge in [0.15, 0.2) is 0 Å². The lowest BCUT2D eigenvalue weighted by atomic mass is 10.0. The first-order valence-electron chi connectivity index (χ1n) is 7.87. The Labute approximate surface area is 133 Å². The lowest BCUT2D eigenvalue weighted by Crippen LogP contribution is -2.41. The van der Waals surface area contributed by atoms with Gasteiger partial charge >= 0.3 is 6.03 Å². The summed E-state index contributed by atoms with van der Waals surface area (Å²) in [6.07, 6.45) is 0.518. The molecule has 1 aromatic carbocycles. The van der Waals surface area contributed by atoms with E-state index in [1.165, 1.54) is 0 Å². The summed E-state index contributed by atoms with van der Waals surface area (Å²) in [5, 5.41) is 15.2. The van der Waals surface area contributed by atoms with Crippen molar-refractivity contribution in [3.05, 3.63) is 29.8 Å². The number of carbonyl (C=O) groups is 1. The van der Waals surface area contributed by atoms with E-state index in [9.17, 15) is 9.90 Å². The Balaban J connectivity index is 2.32. The molecule has 0 saturated heterocycles. The largest absolute Gasteiger partial charge is 0.491 e. The van der Waals surface area contributed by atoms with Crippen LogP contribution in [-0.4, -0.2) is 29.9 Å². The molecular weight excluding hydrogens is 280 g/mol. The van der Waals surface area contributed by atoms with Crippen LogP contribution in [0.15, 0.2) is 24.3 Å². The molecule has 22 heavy (non-hydrogen) atoms. The Morgan fingerprint density at radius 1 is 1.18 bits per heavy atom. The number of amides is 2. The molecule has 2 unspecified atom stereocenters. The van der Waals surface area contributed by atoms with Gasteiger partial charge in [-0.05, 0) is 37.5 Å². The second kappa shape index (κ2) is 9.30. The number of ether oxygens (including phenoxy) is 1. The van der Waals surface area contributed by atoms with Crippen LogP contribution in [0, 0.1) is 5.92 Å². The van der Waals surface area contributed by atoms with Crippen molar-refractivity contribution in [3.63, 3.8) is 0 Å². The van der Waals surface area contributed by atoms with Gasteiger partial charge < -0.3 is 20.5 Å². The van der Waals surface area contributed by atoms with Crippen LogP contribution in [0.4, 0.5) is 4.79 Å². The number of rotatable bonds is 8. The van der Waals surface area contributed by atoms with E-state index < -0.39 is 6.10 Å². The molecule has 0 saturated carbocycles. The van der Waals surface area contributed by atoms with Crippen LogP contribution in [0.25, 0.3) is 0 Å². The normalized spacial score (nSPS) is 13.5. The van der Waals surface area contributed by atoms with Crippen molar-refractivity contribution >= 4 is 6.03 Å². The Morgan fingerprint density at radius 2 is 1.82 bits per heavy atom. The Kier molecular flexibility index (Phi) is 7.74. The van der Waals surface area contributed by atoms with E-state index in [0.717, 1.165) is 17.7 Å². The summed E-state index contributed by atoms with van der Waals surface area (Å²) in [5.41, 5.74) is 0.994. The first-order chi connectivity index (χ1) is 10.4. The van der Waals surface area contributed by atoms with Gasteiger partial charge in [-0.15, -0.1) is 0 Å². The van der Waals surface area contributed by atoms with E-state index in [2.05, 4.69) is 10.6 Å². The van der Waals surface area contributed by atoms with Crippen LogP contribution >= 0.6 is 0 Å². The Morgan fingerprint density at radius 3 is 2.36 bits per heavy atom. The molecule has 124 valence electrons. The van der Waals surface area contributed by atoms with E-state index in [1.807, 2.05) is 52.0 Å². The van der Waals surface area contributed by atoms with Crippen LogP contribution < -0.4 is 15.4 Å². The Hall–Kier alpha value is -1.75. The van der Waals surface area contributed by atoms with E-state index in [0.29, 0.717) is 6.54 Å². The zero-order valence-corrected chi connectivity index (χ0v) is 13.9. The number of hydrogen-bond donors (Lipinski definition) is 3. The molecule has 3 N–H and O–H groups in total. The minimum Gasteiger partial charge on any atom is -0.491 e. The first kappa shape index (κ1) is 18.3. The van der Waals surface area contributed by atoms with Gasteiger partial charge in [-0.1, -0.05) is 32.4 Å². The van der Waals surface area contributed by atoms with E-state index in [4.69, 9.17) is 4.74 Å². The highest BCUT2D eigenvalue weighted by Crippen LogP contribution is 2.13. The smallest absolute Gasteiger partial charge is 0.315 e. The molecule has 0 spiro atoms. The van der Waals surface area contributed by atoms with Crippen molar-refractivity contribution in [2.24, 2.45) is 5.92 Å². The number of carbonyl (C=O) groups excluding carboxylic acids is 1. The van der Waals surface area contributed by atoms with Crippen LogP contribution in [0.1, 0.15) is 39.7 Å². The molecule has 1 aromatic rings. The lowest BCUT2D eigenvalue weighted by molar-refractivity contribution is 0.114. The summed E-state index contributed by atoms with van der Waals surface area (Å²) in [5.74, 6) is 0.994. The van der Waals surface area contributed by atoms with Gasteiger partial charge in [0.05, 0.1) is 12.2 Å². The molecular formula is C17H28N2O3. The van der Waals surface area contributed by atoms with Gasteiger partial charge in [0, 0.05) is 13.1 Å². The predicted octanol–water partition coefficient (Wildman–Crippen LogP) is 2.68. The minimum atomic E-state index is -0.511. The molecule has 1 rings (SSSR count). The number of benzene rings is 1. The summed E-state index contributed by atoms with van der Waals surface area (Å²) in [7, 11) is 0. The zero-order chi connectivity index (χ0) is 16.5. The molecule has 0 aromatic heterocycles. The van der Waals surface area contributed by atoms with Crippen molar-refractivity contribution in [3.8, 4) is 5.75 Å². The van der Waals surface area contributed by atoms with Crippen LogP contribution in [0.5, 0.6) is 5.75 Å². The van der Waals surface area contributed by atoms with E-state index >= 15 is 0 Å². The standard InChI is InChI=1S/C17H28N2O3/c1-5-13(4)16(20)11-19-17(21)18-10-14-6-8-15(9-7-14)22-12(2)3/h6-9,12-13,16,20H,5,10-11H2,1-4H3,(H2,18,19,21). The fourth-order valence-electron chi connectivity index (χ4n) is 1.87. The van der Waals surface area contributed by atoms with Crippen LogP contribution in [0.3, 0.4) is 0 Å². The number of urea groups is 1. The van der Waals surface area contributed by atoms with Crippen LogP contribution in [-0.2, 0) is 6.54 Å². The fourth-order valence-corrected chi connectivity index (χ4v) is 1.87. The topological polar surface area (TPSA) is 70.6 Å². The summed E-state index contributed by atoms with van der Waals surface area (Å²) in [6.45, 7) is 8.64. The average Bonchev–Trinajstić information content (AvgIpc) is 2.50. The molecule has 0 radical (unpaired) electrons. The van der Waals surface area contributed by atoms with E-state index in [1.54, 1.807) is 0 Å². The molecule has 5 nitrogen and oxygen atoms in total. The molecule has 0 fully saturated rings. The molecule has 0 aliphatic carbocycles. The molecule has 0 heterocycles.